The first-order chi connectivity index (χ1) is 40.6. The molecule has 5 saturated heterocycles. The van der Waals surface area contributed by atoms with Crippen LogP contribution in [-0.4, -0.2) is 275 Å². The standard InChI is InChI=1S/C57H94O29S/c1-21(2)15-25(60)18-57(8,72)34-10-9-28-27-17-31(30-16-26(86-87(73,74)75)11-13-55(30,6)29(27)12-14-56(28,34)7)79-53-48(42(68)38(64)32(19-58)80-53)85-54-49(84-51-44(70)40(66)36(62)23(4)77-51)45(71)46(33(20-59)81-54)82-52-47(41(67)37(63)24(5)78-52)83-50-43(69)39(65)35(61)22(3)76-50/h12,21-24,26-28,30-54,58-59,61-72H,9-11,13-20H2,1-8H3,(H,73,74,75)/t22?,23?,24?,26?,27?,28?,30?,31?,32?,33?,34-,35-,36+,37+,38?,39?,40?,41?,42?,43?,44?,45?,46?,47?,48?,49?,50-,51-,52-,53?,54?,55+,56-,57?/m0/s1. The number of allylic oxidation sites excluding steroid dienone is 2. The van der Waals surface area contributed by atoms with Gasteiger partial charge in [-0.25, -0.2) is 4.18 Å². The van der Waals surface area contributed by atoms with Crippen LogP contribution in [0.2, 0.25) is 0 Å². The zero-order chi connectivity index (χ0) is 63.9. The van der Waals surface area contributed by atoms with Crippen LogP contribution in [0.3, 0.4) is 0 Å². The van der Waals surface area contributed by atoms with E-state index in [0.29, 0.717) is 32.1 Å². The zero-order valence-corrected chi connectivity index (χ0v) is 51.0. The van der Waals surface area contributed by atoms with E-state index in [1.807, 2.05) is 20.8 Å². The Kier molecular flexibility index (Phi) is 21.6. The summed E-state index contributed by atoms with van der Waals surface area (Å²) in [6.07, 6.45) is -41.6. The topological polar surface area (TPSA) is 456 Å². The average Bonchev–Trinajstić information content (AvgIpc) is 1.71. The van der Waals surface area contributed by atoms with Crippen molar-refractivity contribution in [1.82, 2.24) is 0 Å². The lowest BCUT2D eigenvalue weighted by Gasteiger charge is -2.60. The molecule has 25 unspecified atom stereocenters. The number of fused-ring (bicyclic) bond motifs is 5. The Bertz CT molecular complexity index is 2480. The van der Waals surface area contributed by atoms with Crippen molar-refractivity contribution in [3.8, 4) is 0 Å². The van der Waals surface area contributed by atoms with Crippen molar-refractivity contribution in [3.63, 3.8) is 0 Å². The fourth-order valence-electron chi connectivity index (χ4n) is 16.1. The quantitative estimate of drug-likeness (QED) is 0.0445. The summed E-state index contributed by atoms with van der Waals surface area (Å²) in [6.45, 7) is 11.9. The lowest BCUT2D eigenvalue weighted by Crippen LogP contribution is -2.69. The molecule has 5 heterocycles. The summed E-state index contributed by atoms with van der Waals surface area (Å²) in [5.74, 6) is -1.22. The van der Waals surface area contributed by atoms with Crippen LogP contribution in [0.5, 0.6) is 0 Å². The number of carbonyl (C=O) groups excluding carboxylic acids is 1. The largest absolute Gasteiger partial charge is 0.397 e. The Morgan fingerprint density at radius 1 is 0.609 bits per heavy atom. The van der Waals surface area contributed by atoms with Crippen LogP contribution in [0.15, 0.2) is 11.6 Å². The molecule has 502 valence electrons. The minimum absolute atomic E-state index is 0.00896. The van der Waals surface area contributed by atoms with Crippen LogP contribution >= 0.6 is 0 Å². The molecule has 30 heteroatoms. The highest BCUT2D eigenvalue weighted by Gasteiger charge is 2.64. The number of hydrogen-bond donors (Lipinski definition) is 15. The van der Waals surface area contributed by atoms with E-state index in [4.69, 9.17) is 51.6 Å². The van der Waals surface area contributed by atoms with E-state index in [0.717, 1.165) is 5.57 Å². The van der Waals surface area contributed by atoms with E-state index in [9.17, 15) is 89.3 Å². The summed E-state index contributed by atoms with van der Waals surface area (Å²) in [7, 11) is -4.95. The van der Waals surface area contributed by atoms with Gasteiger partial charge in [0.15, 0.2) is 31.5 Å². The molecule has 9 aliphatic rings. The molecule has 15 N–H and O–H groups in total. The predicted octanol–water partition coefficient (Wildman–Crippen LogP) is -3.32. The monoisotopic (exact) mass is 1270 g/mol. The van der Waals surface area contributed by atoms with Crippen molar-refractivity contribution in [2.75, 3.05) is 13.2 Å². The fraction of sp³-hybridized carbons (Fsp3) is 0.947. The highest BCUT2D eigenvalue weighted by atomic mass is 32.3. The van der Waals surface area contributed by atoms with Gasteiger partial charge in [0, 0.05) is 12.8 Å². The summed E-state index contributed by atoms with van der Waals surface area (Å²) in [6, 6.07) is 0. The molecule has 9 rings (SSSR count). The van der Waals surface area contributed by atoms with Gasteiger partial charge >= 0.3 is 10.4 Å². The van der Waals surface area contributed by atoms with Crippen LogP contribution in [0.4, 0.5) is 0 Å². The lowest BCUT2D eigenvalue weighted by atomic mass is 9.47. The van der Waals surface area contributed by atoms with Crippen molar-refractivity contribution in [2.24, 2.45) is 40.4 Å². The number of ether oxygens (including phenoxy) is 10. The van der Waals surface area contributed by atoms with Crippen LogP contribution < -0.4 is 0 Å². The summed E-state index contributed by atoms with van der Waals surface area (Å²) < 4.78 is 102. The molecule has 0 bridgehead atoms. The average molecular weight is 1280 g/mol. The first kappa shape index (κ1) is 69.7. The summed E-state index contributed by atoms with van der Waals surface area (Å²) in [5, 5.41) is 157. The van der Waals surface area contributed by atoms with Gasteiger partial charge in [0.1, 0.15) is 110 Å². The third-order valence-electron chi connectivity index (χ3n) is 20.7. The van der Waals surface area contributed by atoms with E-state index in [2.05, 4.69) is 13.0 Å². The second-order valence-corrected chi connectivity index (χ2v) is 28.2. The van der Waals surface area contributed by atoms with Gasteiger partial charge in [-0.1, -0.05) is 39.3 Å². The third kappa shape index (κ3) is 13.8. The maximum Gasteiger partial charge on any atom is 0.397 e. The number of rotatable bonds is 19. The predicted molar refractivity (Wildman–Crippen MR) is 292 cm³/mol. The number of carbonyl (C=O) groups is 1. The molecule has 0 aromatic rings. The van der Waals surface area contributed by atoms with Gasteiger partial charge in [-0.15, -0.1) is 0 Å². The van der Waals surface area contributed by atoms with Gasteiger partial charge < -0.3 is 119 Å². The van der Waals surface area contributed by atoms with Crippen LogP contribution in [0.1, 0.15) is 113 Å². The van der Waals surface area contributed by atoms with Gasteiger partial charge in [-0.3, -0.25) is 9.35 Å². The van der Waals surface area contributed by atoms with E-state index in [-0.39, 0.29) is 55.1 Å². The maximum absolute atomic E-state index is 13.3. The van der Waals surface area contributed by atoms with Crippen molar-refractivity contribution < 1.29 is 141 Å². The molecule has 87 heavy (non-hydrogen) atoms. The molecular weight excluding hydrogens is 1180 g/mol. The molecule has 0 spiro atoms. The summed E-state index contributed by atoms with van der Waals surface area (Å²) in [4.78, 5) is 13.3. The van der Waals surface area contributed by atoms with E-state index in [1.54, 1.807) is 6.92 Å². The maximum atomic E-state index is 13.3. The minimum atomic E-state index is -4.95. The number of aliphatic hydroxyl groups excluding tert-OH is 13. The van der Waals surface area contributed by atoms with Gasteiger partial charge in [0.05, 0.1) is 49.3 Å². The zero-order valence-electron chi connectivity index (χ0n) is 50.2. The van der Waals surface area contributed by atoms with Gasteiger partial charge in [0.25, 0.3) is 0 Å². The first-order valence-electron chi connectivity index (χ1n) is 30.5. The molecule has 5 aliphatic heterocycles. The van der Waals surface area contributed by atoms with Crippen molar-refractivity contribution in [3.05, 3.63) is 11.6 Å². The first-order valence-corrected chi connectivity index (χ1v) is 31.9. The van der Waals surface area contributed by atoms with Crippen LogP contribution in [-0.2, 0) is 66.7 Å². The molecule has 0 aromatic carbocycles. The Labute approximate surface area is 505 Å². The van der Waals surface area contributed by atoms with Gasteiger partial charge in [-0.2, -0.15) is 8.42 Å². The molecule has 0 aromatic heterocycles. The lowest BCUT2D eigenvalue weighted by molar-refractivity contribution is -0.412. The highest BCUT2D eigenvalue weighted by molar-refractivity contribution is 7.80. The summed E-state index contributed by atoms with van der Waals surface area (Å²) >= 11 is 0. The fourth-order valence-corrected chi connectivity index (χ4v) is 16.6. The van der Waals surface area contributed by atoms with Crippen LogP contribution in [0.25, 0.3) is 0 Å². The molecule has 34 atom stereocenters. The minimum Gasteiger partial charge on any atom is -0.394 e. The van der Waals surface area contributed by atoms with E-state index >= 15 is 0 Å². The molecule has 29 nitrogen and oxygen atoms in total. The van der Waals surface area contributed by atoms with E-state index < -0.39 is 212 Å². The van der Waals surface area contributed by atoms with Crippen molar-refractivity contribution in [1.29, 1.82) is 0 Å². The van der Waals surface area contributed by atoms with Gasteiger partial charge in [0.2, 0.25) is 0 Å². The molecule has 0 amide bonds. The Morgan fingerprint density at radius 3 is 1.64 bits per heavy atom. The Hall–Kier alpha value is -1.68. The second kappa shape index (κ2) is 27.0. The SMILES string of the molecule is CC(C)CC(=O)CC(C)(O)[C@H]1CCC2C3CC(OC4OC(CO)C(O)C(O)C4OC4OC(CO)C(O[C@@H]5OC(C)[C@@H](O)C(O)C5O[C@@H]5OC(C)[C@H](O)C(O)C5O)C(O)C4O[C@@H]4OC(C)[C@@H](O)C(O)C4O)C4CC(OS(=O)(=O)O)CC[C@]4(C)C3=CC[C@@]21C. The Morgan fingerprint density at radius 2 is 1.09 bits per heavy atom. The number of aliphatic hydroxyl groups is 14. The highest BCUT2D eigenvalue weighted by Crippen LogP contribution is 2.67. The Balaban J connectivity index is 1.05. The second-order valence-electron chi connectivity index (χ2n) is 27.1. The summed E-state index contributed by atoms with van der Waals surface area (Å²) in [5.41, 5.74) is -1.55. The molecule has 4 aliphatic carbocycles. The molecule has 8 fully saturated rings. The normalized spacial score (nSPS) is 51.2. The number of ketones is 1. The molecule has 0 radical (unpaired) electrons. The van der Waals surface area contributed by atoms with E-state index in [1.165, 1.54) is 20.8 Å². The third-order valence-corrected chi connectivity index (χ3v) is 21.2. The van der Waals surface area contributed by atoms with Crippen molar-refractivity contribution >= 4 is 16.2 Å². The molecule has 3 saturated carbocycles. The number of hydrogen-bond acceptors (Lipinski definition) is 28. The smallest absolute Gasteiger partial charge is 0.394 e. The van der Waals surface area contributed by atoms with Crippen LogP contribution in [0, 0.1) is 40.4 Å². The number of Topliss-reactive ketones (excluding diaryl/α,β-unsaturated/α-hetero) is 1. The molecular formula is C57H94O29S. The van der Waals surface area contributed by atoms with Crippen molar-refractivity contribution in [2.45, 2.75) is 285 Å². The van der Waals surface area contributed by atoms with Gasteiger partial charge in [-0.05, 0) is 113 Å².